The first kappa shape index (κ1) is 30.0. The van der Waals surface area contributed by atoms with Crippen LogP contribution in [0.15, 0.2) is 29.8 Å². The van der Waals surface area contributed by atoms with Gasteiger partial charge in [0.1, 0.15) is 6.04 Å². The van der Waals surface area contributed by atoms with Crippen LogP contribution in [-0.2, 0) is 9.59 Å². The number of nitrogens with zero attached hydrogens (tertiary/aromatic N) is 2. The summed E-state index contributed by atoms with van der Waals surface area (Å²) >= 11 is 1.39. The predicted octanol–water partition coefficient (Wildman–Crippen LogP) is 4.60. The molecule has 4 atom stereocenters. The van der Waals surface area contributed by atoms with Gasteiger partial charge in [-0.1, -0.05) is 45.0 Å². The van der Waals surface area contributed by atoms with E-state index in [-0.39, 0.29) is 18.5 Å². The van der Waals surface area contributed by atoms with Gasteiger partial charge in [0.15, 0.2) is 6.04 Å². The second-order valence-corrected chi connectivity index (χ2v) is 12.8. The summed E-state index contributed by atoms with van der Waals surface area (Å²) in [4.78, 5) is 33.1. The number of rotatable bonds is 6. The van der Waals surface area contributed by atoms with E-state index in [0.717, 1.165) is 16.1 Å². The zero-order valence-electron chi connectivity index (χ0n) is 22.8. The maximum Gasteiger partial charge on any atom is 0.412 e. The fraction of sp³-hybridized carbons (Fsp3) is 0.593. The average molecular weight is 555 g/mol. The normalized spacial score (nSPS) is 20.3. The molecule has 0 spiro atoms. The number of carbonyl (C=O) groups excluding carboxylic acids is 2. The minimum absolute atomic E-state index is 0.129. The van der Waals surface area contributed by atoms with Crippen LogP contribution in [0.25, 0.3) is 10.4 Å². The van der Waals surface area contributed by atoms with E-state index >= 15 is 0 Å². The van der Waals surface area contributed by atoms with Gasteiger partial charge >= 0.3 is 6.18 Å². The van der Waals surface area contributed by atoms with Gasteiger partial charge < -0.3 is 20.6 Å². The molecule has 0 aliphatic carbocycles. The molecule has 2 amide bonds. The molecule has 1 aromatic heterocycles. The van der Waals surface area contributed by atoms with Gasteiger partial charge in [0.05, 0.1) is 28.2 Å². The van der Waals surface area contributed by atoms with E-state index in [1.54, 1.807) is 17.6 Å². The number of benzene rings is 1. The highest BCUT2D eigenvalue weighted by Crippen LogP contribution is 2.36. The SMILES string of the molecule is Cc1ncsc1-c1ccc(C(NC(=O)[C@H]2C[C@H](O)CN2C(=O)[C@H](NC(C)(C)C)C(C)(C)C)C(F)(F)F)cc1. The molecule has 38 heavy (non-hydrogen) atoms. The van der Waals surface area contributed by atoms with Crippen molar-refractivity contribution in [2.75, 3.05) is 6.54 Å². The summed E-state index contributed by atoms with van der Waals surface area (Å²) in [6, 6.07) is 1.60. The van der Waals surface area contributed by atoms with Crippen LogP contribution in [0.3, 0.4) is 0 Å². The minimum atomic E-state index is -4.77. The summed E-state index contributed by atoms with van der Waals surface area (Å²) in [6.07, 6.45) is -5.93. The first-order chi connectivity index (χ1) is 17.4. The van der Waals surface area contributed by atoms with E-state index in [1.807, 2.05) is 48.5 Å². The molecule has 7 nitrogen and oxygen atoms in total. The summed E-state index contributed by atoms with van der Waals surface area (Å²) < 4.78 is 42.4. The van der Waals surface area contributed by atoms with Gasteiger partial charge in [-0.3, -0.25) is 9.59 Å². The molecule has 3 rings (SSSR count). The Morgan fingerprint density at radius 1 is 1.11 bits per heavy atom. The number of halogens is 3. The number of carbonyl (C=O) groups is 2. The first-order valence-corrected chi connectivity index (χ1v) is 13.4. The standard InChI is InChI=1S/C27H37F3N4O3S/c1-15-20(38-14-31-15)16-8-10-17(11-9-16)21(27(28,29)30)32-23(36)19-12-18(35)13-34(19)24(37)22(25(2,3)4)33-26(5,6)7/h8-11,14,18-19,21-22,33,35H,12-13H2,1-7H3,(H,32,36)/t18-,19+,21?,22-/m0/s1. The van der Waals surface area contributed by atoms with Crippen molar-refractivity contribution in [3.8, 4) is 10.4 Å². The molecule has 1 fully saturated rings. The van der Waals surface area contributed by atoms with E-state index in [0.29, 0.717) is 0 Å². The Bertz CT molecular complexity index is 1140. The Hall–Kier alpha value is -2.50. The Labute approximate surface area is 225 Å². The van der Waals surface area contributed by atoms with E-state index in [4.69, 9.17) is 0 Å². The molecule has 2 aromatic rings. The molecular weight excluding hydrogens is 517 g/mol. The number of likely N-dealkylation sites (tertiary alicyclic amines) is 1. The zero-order chi connectivity index (χ0) is 28.6. The van der Waals surface area contributed by atoms with Crippen LogP contribution in [0.1, 0.15) is 65.3 Å². The maximum absolute atomic E-state index is 14.1. The lowest BCUT2D eigenvalue weighted by molar-refractivity contribution is -0.165. The van der Waals surface area contributed by atoms with Crippen molar-refractivity contribution < 1.29 is 27.9 Å². The van der Waals surface area contributed by atoms with E-state index in [9.17, 15) is 27.9 Å². The molecule has 3 N–H and O–H groups in total. The molecule has 1 saturated heterocycles. The number of alkyl halides is 3. The zero-order valence-corrected chi connectivity index (χ0v) is 23.6. The highest BCUT2D eigenvalue weighted by molar-refractivity contribution is 7.13. The van der Waals surface area contributed by atoms with Crippen molar-refractivity contribution in [3.63, 3.8) is 0 Å². The third kappa shape index (κ3) is 7.12. The van der Waals surface area contributed by atoms with Crippen molar-refractivity contribution in [2.24, 2.45) is 5.41 Å². The van der Waals surface area contributed by atoms with Crippen LogP contribution in [0.2, 0.25) is 0 Å². The van der Waals surface area contributed by atoms with E-state index in [1.165, 1.54) is 28.4 Å². The largest absolute Gasteiger partial charge is 0.412 e. The number of hydrogen-bond donors (Lipinski definition) is 3. The molecule has 11 heteroatoms. The van der Waals surface area contributed by atoms with Gasteiger partial charge in [-0.05, 0) is 44.2 Å². The Morgan fingerprint density at radius 3 is 2.18 bits per heavy atom. The third-order valence-corrected chi connectivity index (χ3v) is 7.40. The Kier molecular flexibility index (Phi) is 8.65. The highest BCUT2D eigenvalue weighted by atomic mass is 32.1. The van der Waals surface area contributed by atoms with Gasteiger partial charge in [-0.25, -0.2) is 4.98 Å². The van der Waals surface area contributed by atoms with Gasteiger partial charge in [0.2, 0.25) is 11.8 Å². The third-order valence-electron chi connectivity index (χ3n) is 6.42. The number of thiazole rings is 1. The molecule has 0 bridgehead atoms. The van der Waals surface area contributed by atoms with Crippen molar-refractivity contribution in [1.82, 2.24) is 20.5 Å². The summed E-state index contributed by atoms with van der Waals surface area (Å²) in [5, 5.41) is 15.7. The average Bonchev–Trinajstić information content (AvgIpc) is 3.39. The second-order valence-electron chi connectivity index (χ2n) is 12.0. The topological polar surface area (TPSA) is 94.6 Å². The molecule has 1 aliphatic heterocycles. The number of nitrogens with one attached hydrogen (secondary N) is 2. The number of amides is 2. The molecule has 0 radical (unpaired) electrons. The van der Waals surface area contributed by atoms with Crippen LogP contribution in [-0.4, -0.2) is 63.3 Å². The lowest BCUT2D eigenvalue weighted by atomic mass is 9.84. The highest BCUT2D eigenvalue weighted by Gasteiger charge is 2.48. The van der Waals surface area contributed by atoms with Gasteiger partial charge in [0, 0.05) is 18.5 Å². The van der Waals surface area contributed by atoms with Gasteiger partial charge in [-0.15, -0.1) is 11.3 Å². The Balaban J connectivity index is 1.85. The fourth-order valence-corrected chi connectivity index (χ4v) is 5.36. The van der Waals surface area contributed by atoms with E-state index < -0.39 is 53.2 Å². The smallest absolute Gasteiger partial charge is 0.391 e. The van der Waals surface area contributed by atoms with Crippen LogP contribution in [0.5, 0.6) is 0 Å². The van der Waals surface area contributed by atoms with Crippen molar-refractivity contribution in [1.29, 1.82) is 0 Å². The molecule has 1 aromatic carbocycles. The maximum atomic E-state index is 14.1. The number of aryl methyl sites for hydroxylation is 1. The summed E-state index contributed by atoms with van der Waals surface area (Å²) in [7, 11) is 0. The summed E-state index contributed by atoms with van der Waals surface area (Å²) in [6.45, 7) is 13.0. The lowest BCUT2D eigenvalue weighted by Crippen LogP contribution is -2.60. The number of aliphatic hydroxyl groups excluding tert-OH is 1. The quantitative estimate of drug-likeness (QED) is 0.485. The predicted molar refractivity (Wildman–Crippen MR) is 141 cm³/mol. The molecule has 210 valence electrons. The molecule has 1 aliphatic rings. The number of aliphatic hydroxyl groups is 1. The first-order valence-electron chi connectivity index (χ1n) is 12.5. The fourth-order valence-electron chi connectivity index (χ4n) is 4.55. The minimum Gasteiger partial charge on any atom is -0.391 e. The monoisotopic (exact) mass is 554 g/mol. The molecule has 1 unspecified atom stereocenters. The van der Waals surface area contributed by atoms with Gasteiger partial charge in [-0.2, -0.15) is 13.2 Å². The lowest BCUT2D eigenvalue weighted by Gasteiger charge is -2.39. The molecule has 2 heterocycles. The summed E-state index contributed by atoms with van der Waals surface area (Å²) in [5.74, 6) is -1.39. The number of hydrogen-bond acceptors (Lipinski definition) is 6. The van der Waals surface area contributed by atoms with Crippen LogP contribution in [0, 0.1) is 12.3 Å². The summed E-state index contributed by atoms with van der Waals surface area (Å²) in [5.41, 5.74) is 2.07. The molecular formula is C27H37F3N4O3S. The van der Waals surface area contributed by atoms with Gasteiger partial charge in [0.25, 0.3) is 0 Å². The van der Waals surface area contributed by atoms with Crippen LogP contribution >= 0.6 is 11.3 Å². The number of β-amino-alcohol motifs (C(OH)–C–C–N with tert-alkyl or cyclic N) is 1. The second kappa shape index (κ2) is 10.9. The van der Waals surface area contributed by atoms with Crippen molar-refractivity contribution in [2.45, 2.75) is 90.8 Å². The van der Waals surface area contributed by atoms with Crippen molar-refractivity contribution in [3.05, 3.63) is 41.0 Å². The van der Waals surface area contributed by atoms with Crippen molar-refractivity contribution >= 4 is 23.2 Å². The Morgan fingerprint density at radius 2 is 1.71 bits per heavy atom. The van der Waals surface area contributed by atoms with Crippen LogP contribution in [0.4, 0.5) is 13.2 Å². The molecule has 0 saturated carbocycles. The van der Waals surface area contributed by atoms with Crippen LogP contribution < -0.4 is 10.6 Å². The van der Waals surface area contributed by atoms with E-state index in [2.05, 4.69) is 15.6 Å². The number of aromatic nitrogens is 1.